The zero-order valence-electron chi connectivity index (χ0n) is 16.9. The maximum absolute atomic E-state index is 12.4. The first kappa shape index (κ1) is 23.6. The number of amides is 1. The van der Waals surface area contributed by atoms with Gasteiger partial charge in [0.05, 0.1) is 30.2 Å². The van der Waals surface area contributed by atoms with Gasteiger partial charge >= 0.3 is 0 Å². The molecule has 1 saturated heterocycles. The van der Waals surface area contributed by atoms with Gasteiger partial charge < -0.3 is 15.2 Å². The molecule has 168 valence electrons. The fraction of sp³-hybridized carbons (Fsp3) is 0.429. The molecule has 1 amide bonds. The number of sulfonamides is 1. The maximum Gasteiger partial charge on any atom is 0.242 e. The molecule has 3 N–H and O–H groups in total. The van der Waals surface area contributed by atoms with Crippen molar-refractivity contribution in [3.8, 4) is 0 Å². The summed E-state index contributed by atoms with van der Waals surface area (Å²) in [6.45, 7) is -0.0614. The lowest BCUT2D eigenvalue weighted by Gasteiger charge is -2.36. The summed E-state index contributed by atoms with van der Waals surface area (Å²) in [6, 6.07) is 9.54. The second-order valence-electron chi connectivity index (χ2n) is 7.39. The molecule has 2 aromatic rings. The van der Waals surface area contributed by atoms with Gasteiger partial charge in [-0.1, -0.05) is 29.8 Å². The van der Waals surface area contributed by atoms with Crippen LogP contribution in [0, 0.1) is 0 Å². The Bertz CT molecular complexity index is 974. The predicted octanol–water partition coefficient (Wildman–Crippen LogP) is 1.67. The molecule has 2 heterocycles. The molecule has 1 aliphatic heterocycles. The van der Waals surface area contributed by atoms with Gasteiger partial charge in [0.15, 0.2) is 0 Å². The zero-order chi connectivity index (χ0) is 22.3. The molecule has 0 aliphatic carbocycles. The minimum atomic E-state index is -3.72. The number of hydrogen-bond acceptors (Lipinski definition) is 6. The van der Waals surface area contributed by atoms with Crippen molar-refractivity contribution in [2.75, 3.05) is 13.2 Å². The van der Waals surface area contributed by atoms with E-state index in [2.05, 4.69) is 15.0 Å². The molecule has 0 unspecified atom stereocenters. The molecule has 1 aromatic heterocycles. The summed E-state index contributed by atoms with van der Waals surface area (Å²) in [4.78, 5) is 16.3. The predicted molar refractivity (Wildman–Crippen MR) is 116 cm³/mol. The van der Waals surface area contributed by atoms with E-state index in [0.717, 1.165) is 5.56 Å². The number of aliphatic hydroxyl groups is 1. The number of carbonyl (C=O) groups excluding carboxylic acids is 1. The SMILES string of the molecule is O=C(Cc1cccnc1)N[C@H]1CC[C@H](CCNS(=O)(=O)c2ccccc2Cl)O[C@@H]1CO. The van der Waals surface area contributed by atoms with E-state index in [1.54, 1.807) is 30.6 Å². The molecule has 10 heteroatoms. The van der Waals surface area contributed by atoms with E-state index in [4.69, 9.17) is 16.3 Å². The highest BCUT2D eigenvalue weighted by Gasteiger charge is 2.32. The highest BCUT2D eigenvalue weighted by Crippen LogP contribution is 2.23. The standard InChI is InChI=1S/C21H26ClN3O5S/c22-17-5-1-2-6-20(17)31(28,29)24-11-9-16-7-8-18(19(14-26)30-16)25-21(27)12-15-4-3-10-23-13-15/h1-6,10,13,16,18-19,24,26H,7-9,11-12,14H2,(H,25,27)/t16-,18+,19-/m1/s1. The third kappa shape index (κ3) is 6.72. The van der Waals surface area contributed by atoms with Crippen molar-refractivity contribution in [3.05, 3.63) is 59.4 Å². The van der Waals surface area contributed by atoms with Gasteiger partial charge in [-0.2, -0.15) is 0 Å². The normalized spacial score (nSPS) is 21.5. The number of ether oxygens (including phenoxy) is 1. The summed E-state index contributed by atoms with van der Waals surface area (Å²) in [5.41, 5.74) is 0.806. The van der Waals surface area contributed by atoms with Crippen molar-refractivity contribution in [1.82, 2.24) is 15.0 Å². The second-order valence-corrected chi connectivity index (χ2v) is 9.53. The number of aromatic nitrogens is 1. The van der Waals surface area contributed by atoms with Crippen molar-refractivity contribution in [2.45, 2.75) is 48.8 Å². The van der Waals surface area contributed by atoms with Gasteiger partial charge in [-0.05, 0) is 43.0 Å². The molecular weight excluding hydrogens is 442 g/mol. The van der Waals surface area contributed by atoms with Crippen LogP contribution in [0.15, 0.2) is 53.7 Å². The largest absolute Gasteiger partial charge is 0.394 e. The van der Waals surface area contributed by atoms with Crippen molar-refractivity contribution in [3.63, 3.8) is 0 Å². The van der Waals surface area contributed by atoms with E-state index in [-0.39, 0.29) is 47.5 Å². The summed E-state index contributed by atoms with van der Waals surface area (Å²) in [5, 5.41) is 12.8. The number of rotatable bonds is 9. The van der Waals surface area contributed by atoms with E-state index in [0.29, 0.717) is 19.3 Å². The fourth-order valence-electron chi connectivity index (χ4n) is 3.55. The van der Waals surface area contributed by atoms with Crippen LogP contribution in [0.2, 0.25) is 5.02 Å². The van der Waals surface area contributed by atoms with Crippen molar-refractivity contribution < 1.29 is 23.1 Å². The quantitative estimate of drug-likeness (QED) is 0.516. The minimum Gasteiger partial charge on any atom is -0.394 e. The van der Waals surface area contributed by atoms with Crippen molar-refractivity contribution >= 4 is 27.5 Å². The van der Waals surface area contributed by atoms with Crippen LogP contribution in [0.1, 0.15) is 24.8 Å². The summed E-state index contributed by atoms with van der Waals surface area (Å²) < 4.78 is 33.3. The highest BCUT2D eigenvalue weighted by molar-refractivity contribution is 7.89. The summed E-state index contributed by atoms with van der Waals surface area (Å²) in [6.07, 6.45) is 4.43. The number of carbonyl (C=O) groups is 1. The number of hydrogen-bond donors (Lipinski definition) is 3. The minimum absolute atomic E-state index is 0.0332. The van der Waals surface area contributed by atoms with Gasteiger partial charge in [-0.15, -0.1) is 0 Å². The summed E-state index contributed by atoms with van der Waals surface area (Å²) in [7, 11) is -3.72. The molecule has 31 heavy (non-hydrogen) atoms. The van der Waals surface area contributed by atoms with Crippen LogP contribution in [-0.4, -0.2) is 55.8 Å². The van der Waals surface area contributed by atoms with Crippen LogP contribution in [0.4, 0.5) is 0 Å². The smallest absolute Gasteiger partial charge is 0.242 e. The van der Waals surface area contributed by atoms with Gasteiger partial charge in [0.1, 0.15) is 11.0 Å². The molecule has 0 bridgehead atoms. The van der Waals surface area contributed by atoms with Crippen molar-refractivity contribution in [1.29, 1.82) is 0 Å². The number of pyridine rings is 1. The number of nitrogens with zero attached hydrogens (tertiary/aromatic N) is 1. The van der Waals surface area contributed by atoms with Crippen LogP contribution in [0.25, 0.3) is 0 Å². The first-order valence-corrected chi connectivity index (χ1v) is 11.9. The lowest BCUT2D eigenvalue weighted by Crippen LogP contribution is -2.51. The van der Waals surface area contributed by atoms with E-state index in [9.17, 15) is 18.3 Å². The first-order valence-electron chi connectivity index (χ1n) is 10.1. The zero-order valence-corrected chi connectivity index (χ0v) is 18.5. The Morgan fingerprint density at radius 2 is 2.03 bits per heavy atom. The van der Waals surface area contributed by atoms with Crippen LogP contribution in [0.3, 0.4) is 0 Å². The van der Waals surface area contributed by atoms with E-state index in [1.165, 1.54) is 12.1 Å². The van der Waals surface area contributed by atoms with Crippen LogP contribution in [-0.2, 0) is 26.0 Å². The highest BCUT2D eigenvalue weighted by atomic mass is 35.5. The number of halogens is 1. The number of nitrogens with one attached hydrogen (secondary N) is 2. The number of aliphatic hydroxyl groups excluding tert-OH is 1. The van der Waals surface area contributed by atoms with E-state index >= 15 is 0 Å². The molecule has 1 fully saturated rings. The Balaban J connectivity index is 1.47. The maximum atomic E-state index is 12.4. The van der Waals surface area contributed by atoms with Gasteiger partial charge in [-0.25, -0.2) is 13.1 Å². The average molecular weight is 468 g/mol. The first-order chi connectivity index (χ1) is 14.9. The van der Waals surface area contributed by atoms with E-state index < -0.39 is 16.1 Å². The second kappa shape index (κ2) is 11.0. The van der Waals surface area contributed by atoms with Gasteiger partial charge in [0.25, 0.3) is 0 Å². The monoisotopic (exact) mass is 467 g/mol. The Kier molecular flexibility index (Phi) is 8.39. The average Bonchev–Trinajstić information content (AvgIpc) is 2.75. The number of benzene rings is 1. The van der Waals surface area contributed by atoms with Crippen LogP contribution < -0.4 is 10.0 Å². The summed E-state index contributed by atoms with van der Waals surface area (Å²) in [5.74, 6) is -0.161. The Morgan fingerprint density at radius 1 is 1.23 bits per heavy atom. The molecule has 0 radical (unpaired) electrons. The molecule has 8 nitrogen and oxygen atoms in total. The molecule has 0 saturated carbocycles. The topological polar surface area (TPSA) is 118 Å². The Hall–Kier alpha value is -2.04. The molecule has 3 atom stereocenters. The molecule has 1 aliphatic rings. The molecule has 3 rings (SSSR count). The van der Waals surface area contributed by atoms with Crippen LogP contribution >= 0.6 is 11.6 Å². The third-order valence-corrected chi connectivity index (χ3v) is 7.07. The van der Waals surface area contributed by atoms with Gasteiger partial charge in [0, 0.05) is 18.9 Å². The van der Waals surface area contributed by atoms with Crippen LogP contribution in [0.5, 0.6) is 0 Å². The van der Waals surface area contributed by atoms with Gasteiger partial charge in [0.2, 0.25) is 15.9 Å². The van der Waals surface area contributed by atoms with Crippen molar-refractivity contribution in [2.24, 2.45) is 0 Å². The third-order valence-electron chi connectivity index (χ3n) is 5.11. The lowest BCUT2D eigenvalue weighted by atomic mass is 9.97. The Labute approximate surface area is 187 Å². The van der Waals surface area contributed by atoms with Gasteiger partial charge in [-0.3, -0.25) is 9.78 Å². The molecule has 0 spiro atoms. The Morgan fingerprint density at radius 3 is 2.74 bits per heavy atom. The lowest BCUT2D eigenvalue weighted by molar-refractivity contribution is -0.127. The fourth-order valence-corrected chi connectivity index (χ4v) is 5.11. The summed E-state index contributed by atoms with van der Waals surface area (Å²) >= 11 is 5.97. The molecular formula is C21H26ClN3O5S. The van der Waals surface area contributed by atoms with E-state index in [1.807, 2.05) is 6.07 Å². The molecule has 1 aromatic carbocycles.